The normalized spacial score (nSPS) is 30.5. The third-order valence-electron chi connectivity index (χ3n) is 1.68. The zero-order valence-electron chi connectivity index (χ0n) is 6.77. The van der Waals surface area contributed by atoms with E-state index in [1.807, 2.05) is 24.3 Å². The third-order valence-corrected chi connectivity index (χ3v) is 1.68. The Kier molecular flexibility index (Phi) is 3.51. The Morgan fingerprint density at radius 2 is 1.17 bits per heavy atom. The molecule has 0 aromatic heterocycles. The molecule has 2 N–H and O–H groups in total. The Morgan fingerprint density at radius 1 is 0.750 bits per heavy atom. The lowest BCUT2D eigenvalue weighted by atomic mass is 10.1. The van der Waals surface area contributed by atoms with Crippen LogP contribution in [-0.4, -0.2) is 23.4 Å². The minimum atomic E-state index is -0.0371. The van der Waals surface area contributed by atoms with Crippen LogP contribution < -0.4 is 0 Å². The first-order valence-electron chi connectivity index (χ1n) is 3.83. The topological polar surface area (TPSA) is 40.5 Å². The van der Waals surface area contributed by atoms with Crippen molar-refractivity contribution in [2.75, 3.05) is 13.2 Å². The molecule has 0 fully saturated rings. The van der Waals surface area contributed by atoms with E-state index < -0.39 is 0 Å². The van der Waals surface area contributed by atoms with Crippen molar-refractivity contribution in [3.63, 3.8) is 0 Å². The van der Waals surface area contributed by atoms with Crippen LogP contribution in [0.4, 0.5) is 0 Å². The molecule has 1 aliphatic rings. The fourth-order valence-electron chi connectivity index (χ4n) is 0.994. The molecule has 0 amide bonds. The zero-order chi connectivity index (χ0) is 8.81. The second-order valence-corrected chi connectivity index (χ2v) is 2.47. The van der Waals surface area contributed by atoms with E-state index in [9.17, 15) is 0 Å². The maximum absolute atomic E-state index is 8.93. The number of allylic oxidation sites excluding steroid dienone is 4. The van der Waals surface area contributed by atoms with Crippen LogP contribution in [0.15, 0.2) is 47.6 Å². The van der Waals surface area contributed by atoms with E-state index in [-0.39, 0.29) is 13.2 Å². The van der Waals surface area contributed by atoms with E-state index in [1.165, 1.54) is 0 Å². The number of hydrogen-bond donors (Lipinski definition) is 2. The molecule has 0 heterocycles. The van der Waals surface area contributed by atoms with Crippen molar-refractivity contribution in [1.29, 1.82) is 0 Å². The van der Waals surface area contributed by atoms with Crippen molar-refractivity contribution in [2.24, 2.45) is 0 Å². The van der Waals surface area contributed by atoms with Gasteiger partial charge in [-0.15, -0.1) is 0 Å². The maximum atomic E-state index is 8.93. The Bertz CT molecular complexity index is 231. The minimum Gasteiger partial charge on any atom is -0.392 e. The second kappa shape index (κ2) is 4.70. The molecule has 0 atom stereocenters. The third kappa shape index (κ3) is 2.19. The minimum absolute atomic E-state index is 0.0371. The van der Waals surface area contributed by atoms with Gasteiger partial charge in [0.25, 0.3) is 0 Å². The van der Waals surface area contributed by atoms with Gasteiger partial charge >= 0.3 is 0 Å². The van der Waals surface area contributed by atoms with Crippen LogP contribution in [0.1, 0.15) is 0 Å². The number of hydrogen-bond acceptors (Lipinski definition) is 2. The van der Waals surface area contributed by atoms with Crippen LogP contribution in [0.5, 0.6) is 0 Å². The van der Waals surface area contributed by atoms with Crippen molar-refractivity contribution < 1.29 is 10.2 Å². The molecule has 64 valence electrons. The van der Waals surface area contributed by atoms with Crippen LogP contribution in [0.25, 0.3) is 0 Å². The van der Waals surface area contributed by atoms with Gasteiger partial charge in [0.1, 0.15) is 0 Å². The van der Waals surface area contributed by atoms with Crippen molar-refractivity contribution >= 4 is 0 Å². The molecule has 0 saturated carbocycles. The van der Waals surface area contributed by atoms with Crippen molar-refractivity contribution in [3.05, 3.63) is 47.6 Å². The summed E-state index contributed by atoms with van der Waals surface area (Å²) >= 11 is 0. The standard InChI is InChI=1S/C10H12O2/c11-7-9-5-3-1-2-4-6-10(9)8-12/h1-6,11-12H,7-8H2/b2-1-,3-1?,4-2?,5-3-,6-4-,9-5?,10-6?,10-9-. The van der Waals surface area contributed by atoms with Gasteiger partial charge < -0.3 is 10.2 Å². The maximum Gasteiger partial charge on any atom is 0.0685 e. The Labute approximate surface area is 71.8 Å². The van der Waals surface area contributed by atoms with Crippen LogP contribution in [0, 0.1) is 0 Å². The highest BCUT2D eigenvalue weighted by atomic mass is 16.3. The van der Waals surface area contributed by atoms with Gasteiger partial charge in [0, 0.05) is 0 Å². The summed E-state index contributed by atoms with van der Waals surface area (Å²) in [6, 6.07) is 0. The second-order valence-electron chi connectivity index (χ2n) is 2.47. The zero-order valence-corrected chi connectivity index (χ0v) is 6.77. The molecule has 0 spiro atoms. The highest BCUT2D eigenvalue weighted by Gasteiger charge is 1.98. The van der Waals surface area contributed by atoms with E-state index in [2.05, 4.69) is 0 Å². The van der Waals surface area contributed by atoms with Gasteiger partial charge in [-0.3, -0.25) is 0 Å². The summed E-state index contributed by atoms with van der Waals surface area (Å²) in [6.07, 6.45) is 11.0. The first-order chi connectivity index (χ1) is 5.88. The molecule has 2 nitrogen and oxygen atoms in total. The first kappa shape index (κ1) is 8.97. The van der Waals surface area contributed by atoms with E-state index >= 15 is 0 Å². The van der Waals surface area contributed by atoms with Gasteiger partial charge in [-0.25, -0.2) is 0 Å². The molecular formula is C10H12O2. The largest absolute Gasteiger partial charge is 0.392 e. The Hall–Kier alpha value is -1.12. The molecule has 1 aliphatic carbocycles. The van der Waals surface area contributed by atoms with Gasteiger partial charge in [-0.2, -0.15) is 0 Å². The SMILES string of the molecule is OCC1=C(CO)/C=C\C=C/C=C\1. The molecule has 0 unspecified atom stereocenters. The lowest BCUT2D eigenvalue weighted by Crippen LogP contribution is -1.97. The highest BCUT2D eigenvalue weighted by molar-refractivity contribution is 5.38. The molecular weight excluding hydrogens is 152 g/mol. The summed E-state index contributed by atoms with van der Waals surface area (Å²) < 4.78 is 0. The van der Waals surface area contributed by atoms with Gasteiger partial charge in [0.05, 0.1) is 13.2 Å². The van der Waals surface area contributed by atoms with Gasteiger partial charge in [0.2, 0.25) is 0 Å². The monoisotopic (exact) mass is 164 g/mol. The van der Waals surface area contributed by atoms with Gasteiger partial charge in [-0.1, -0.05) is 36.5 Å². The molecule has 0 aliphatic heterocycles. The van der Waals surface area contributed by atoms with Crippen molar-refractivity contribution in [3.8, 4) is 0 Å². The van der Waals surface area contributed by atoms with Crippen LogP contribution in [0.3, 0.4) is 0 Å². The molecule has 1 rings (SSSR count). The molecule has 12 heavy (non-hydrogen) atoms. The van der Waals surface area contributed by atoms with Gasteiger partial charge in [0.15, 0.2) is 0 Å². The Balaban J connectivity index is 2.95. The van der Waals surface area contributed by atoms with Gasteiger partial charge in [-0.05, 0) is 11.1 Å². The predicted molar refractivity (Wildman–Crippen MR) is 48.6 cm³/mol. The number of aliphatic hydroxyl groups excluding tert-OH is 2. The average Bonchev–Trinajstić information content (AvgIpc) is 2.05. The summed E-state index contributed by atoms with van der Waals surface area (Å²) in [5.41, 5.74) is 1.52. The fourth-order valence-corrected chi connectivity index (χ4v) is 0.994. The molecule has 0 saturated heterocycles. The van der Waals surface area contributed by atoms with E-state index in [0.717, 1.165) is 11.1 Å². The Morgan fingerprint density at radius 3 is 1.50 bits per heavy atom. The molecule has 0 aromatic carbocycles. The van der Waals surface area contributed by atoms with Crippen LogP contribution >= 0.6 is 0 Å². The van der Waals surface area contributed by atoms with Crippen molar-refractivity contribution in [1.82, 2.24) is 0 Å². The molecule has 0 bridgehead atoms. The number of aliphatic hydroxyl groups is 2. The summed E-state index contributed by atoms with van der Waals surface area (Å²) in [6.45, 7) is -0.0743. The summed E-state index contributed by atoms with van der Waals surface area (Å²) in [4.78, 5) is 0. The summed E-state index contributed by atoms with van der Waals surface area (Å²) in [5, 5.41) is 17.9. The lowest BCUT2D eigenvalue weighted by molar-refractivity contribution is 0.317. The quantitative estimate of drug-likeness (QED) is 0.638. The van der Waals surface area contributed by atoms with E-state index in [0.29, 0.717) is 0 Å². The highest BCUT2D eigenvalue weighted by Crippen LogP contribution is 2.09. The number of rotatable bonds is 2. The van der Waals surface area contributed by atoms with E-state index in [1.54, 1.807) is 12.2 Å². The molecule has 0 radical (unpaired) electrons. The fraction of sp³-hybridized carbons (Fsp3) is 0.200. The van der Waals surface area contributed by atoms with E-state index in [4.69, 9.17) is 10.2 Å². The predicted octanol–water partition coefficient (Wildman–Crippen LogP) is 0.950. The lowest BCUT2D eigenvalue weighted by Gasteiger charge is -2.03. The van der Waals surface area contributed by atoms with Crippen molar-refractivity contribution in [2.45, 2.75) is 0 Å². The average molecular weight is 164 g/mol. The summed E-state index contributed by atoms with van der Waals surface area (Å²) in [5.74, 6) is 0. The molecule has 0 aromatic rings. The summed E-state index contributed by atoms with van der Waals surface area (Å²) in [7, 11) is 0. The molecule has 2 heteroatoms. The smallest absolute Gasteiger partial charge is 0.0685 e. The van der Waals surface area contributed by atoms with Crippen LogP contribution in [0.2, 0.25) is 0 Å². The van der Waals surface area contributed by atoms with Crippen LogP contribution in [-0.2, 0) is 0 Å². The first-order valence-corrected chi connectivity index (χ1v) is 3.83.